The summed E-state index contributed by atoms with van der Waals surface area (Å²) in [5, 5.41) is 2.04. The third-order valence-corrected chi connectivity index (χ3v) is 7.73. The first-order valence-corrected chi connectivity index (χ1v) is 9.29. The Morgan fingerprint density at radius 2 is 2.05 bits per heavy atom. The van der Waals surface area contributed by atoms with Gasteiger partial charge in [-0.25, -0.2) is 0 Å². The zero-order valence-corrected chi connectivity index (χ0v) is 14.5. The Labute approximate surface area is 131 Å². The molecule has 4 atom stereocenters. The van der Waals surface area contributed by atoms with Gasteiger partial charge in [0, 0.05) is 27.5 Å². The molecule has 1 aliphatic rings. The van der Waals surface area contributed by atoms with E-state index in [2.05, 4.69) is 74.8 Å². The van der Waals surface area contributed by atoms with Crippen LogP contribution in [0, 0.1) is 13.8 Å². The Hall–Kier alpha value is -0.160. The average Bonchev–Trinajstić information content (AvgIpc) is 2.43. The minimum Gasteiger partial charge on any atom is -0.271 e. The number of thioether (sulfide) groups is 2. The fourth-order valence-corrected chi connectivity index (χ4v) is 5.69. The van der Waals surface area contributed by atoms with E-state index in [9.17, 15) is 0 Å². The highest BCUT2D eigenvalue weighted by Gasteiger charge is 2.31. The molecule has 1 saturated heterocycles. The van der Waals surface area contributed by atoms with Crippen LogP contribution in [0.15, 0.2) is 18.2 Å². The molecule has 0 radical (unpaired) electrons. The van der Waals surface area contributed by atoms with Crippen molar-refractivity contribution in [3.8, 4) is 0 Å². The predicted octanol–water partition coefficient (Wildman–Crippen LogP) is 3.30. The molecule has 2 rings (SSSR count). The van der Waals surface area contributed by atoms with Crippen LogP contribution in [0.5, 0.6) is 0 Å². The highest BCUT2D eigenvalue weighted by Crippen LogP contribution is 2.37. The van der Waals surface area contributed by atoms with Crippen LogP contribution in [0.4, 0.5) is 0 Å². The van der Waals surface area contributed by atoms with Crippen LogP contribution >= 0.6 is 23.5 Å². The summed E-state index contributed by atoms with van der Waals surface area (Å²) in [7, 11) is 0. The molecule has 4 heteroatoms. The molecule has 112 valence electrons. The van der Waals surface area contributed by atoms with E-state index < -0.39 is 0 Å². The first-order valence-electron chi connectivity index (χ1n) is 7.30. The van der Waals surface area contributed by atoms with Crippen LogP contribution in [0.25, 0.3) is 0 Å². The predicted molar refractivity (Wildman–Crippen MR) is 93.5 cm³/mol. The Morgan fingerprint density at radius 3 is 2.70 bits per heavy atom. The van der Waals surface area contributed by atoms with Crippen LogP contribution in [-0.4, -0.2) is 27.5 Å². The second kappa shape index (κ2) is 7.21. The van der Waals surface area contributed by atoms with Gasteiger partial charge in [0.2, 0.25) is 0 Å². The van der Waals surface area contributed by atoms with Crippen LogP contribution in [0.3, 0.4) is 0 Å². The summed E-state index contributed by atoms with van der Waals surface area (Å²) >= 11 is 4.17. The van der Waals surface area contributed by atoms with E-state index in [1.165, 1.54) is 22.4 Å². The molecule has 1 aliphatic heterocycles. The van der Waals surface area contributed by atoms with Crippen molar-refractivity contribution in [1.29, 1.82) is 0 Å². The van der Waals surface area contributed by atoms with E-state index in [-0.39, 0.29) is 0 Å². The monoisotopic (exact) mass is 310 g/mol. The third kappa shape index (κ3) is 3.94. The number of hydrazine groups is 1. The van der Waals surface area contributed by atoms with Gasteiger partial charge in [0.05, 0.1) is 0 Å². The van der Waals surface area contributed by atoms with Crippen molar-refractivity contribution in [3.63, 3.8) is 0 Å². The summed E-state index contributed by atoms with van der Waals surface area (Å²) in [6, 6.07) is 7.04. The quantitative estimate of drug-likeness (QED) is 0.661. The molecule has 0 amide bonds. The van der Waals surface area contributed by atoms with Crippen LogP contribution in [0.1, 0.15) is 30.5 Å². The highest BCUT2D eigenvalue weighted by atomic mass is 32.2. The van der Waals surface area contributed by atoms with Gasteiger partial charge >= 0.3 is 0 Å². The topological polar surface area (TPSA) is 38.0 Å². The Morgan fingerprint density at radius 1 is 1.30 bits per heavy atom. The number of hydrogen-bond donors (Lipinski definition) is 2. The second-order valence-corrected chi connectivity index (χ2v) is 8.86. The van der Waals surface area contributed by atoms with Crippen LogP contribution < -0.4 is 11.3 Å². The lowest BCUT2D eigenvalue weighted by Crippen LogP contribution is -2.47. The molecule has 4 unspecified atom stereocenters. The van der Waals surface area contributed by atoms with E-state index in [4.69, 9.17) is 5.84 Å². The van der Waals surface area contributed by atoms with E-state index in [1.54, 1.807) is 0 Å². The Balaban J connectivity index is 2.07. The molecule has 1 aromatic rings. The minimum atomic E-state index is 0.350. The smallest absolute Gasteiger partial charge is 0.0377 e. The summed E-state index contributed by atoms with van der Waals surface area (Å²) in [6.45, 7) is 9.01. The van der Waals surface area contributed by atoms with Gasteiger partial charge in [-0.1, -0.05) is 37.6 Å². The second-order valence-electron chi connectivity index (χ2n) is 5.83. The third-order valence-electron chi connectivity index (χ3n) is 4.18. The molecule has 1 fully saturated rings. The Kier molecular flexibility index (Phi) is 5.84. The van der Waals surface area contributed by atoms with Crippen LogP contribution in [0.2, 0.25) is 0 Å². The zero-order valence-electron chi connectivity index (χ0n) is 12.8. The molecule has 1 aromatic carbocycles. The number of benzene rings is 1. The lowest BCUT2D eigenvalue weighted by atomic mass is 9.98. The molecule has 0 spiro atoms. The molecular weight excluding hydrogens is 284 g/mol. The summed E-state index contributed by atoms with van der Waals surface area (Å²) in [5.74, 6) is 7.04. The highest BCUT2D eigenvalue weighted by molar-refractivity contribution is 8.07. The molecule has 1 heterocycles. The van der Waals surface area contributed by atoms with Gasteiger partial charge in [-0.05, 0) is 31.4 Å². The van der Waals surface area contributed by atoms with Crippen LogP contribution in [-0.2, 0) is 6.42 Å². The summed E-state index contributed by atoms with van der Waals surface area (Å²) in [4.78, 5) is 0. The standard InChI is InChI=1S/C16H26N2S2/c1-10-5-6-11(2)14(7-10)8-15(18-17)16-9-19-12(3)13(4)20-16/h5-7,12-13,15-16,18H,8-9,17H2,1-4H3. The molecule has 0 aromatic heterocycles. The van der Waals surface area contributed by atoms with Gasteiger partial charge < -0.3 is 0 Å². The van der Waals surface area contributed by atoms with E-state index >= 15 is 0 Å². The van der Waals surface area contributed by atoms with Crippen molar-refractivity contribution in [2.24, 2.45) is 5.84 Å². The number of rotatable bonds is 4. The van der Waals surface area contributed by atoms with Gasteiger partial charge in [-0.15, -0.1) is 0 Å². The maximum atomic E-state index is 5.85. The van der Waals surface area contributed by atoms with Crippen molar-refractivity contribution < 1.29 is 0 Å². The molecule has 20 heavy (non-hydrogen) atoms. The number of hydrogen-bond acceptors (Lipinski definition) is 4. The fourth-order valence-electron chi connectivity index (χ4n) is 2.57. The molecule has 3 N–H and O–H groups in total. The molecular formula is C16H26N2S2. The van der Waals surface area contributed by atoms with Crippen molar-refractivity contribution >= 4 is 23.5 Å². The van der Waals surface area contributed by atoms with Gasteiger partial charge in [-0.3, -0.25) is 11.3 Å². The SMILES string of the molecule is Cc1ccc(C)c(CC(NN)C2CSC(C)C(C)S2)c1. The maximum absolute atomic E-state index is 5.85. The first-order chi connectivity index (χ1) is 9.51. The normalized spacial score (nSPS) is 28.4. The lowest BCUT2D eigenvalue weighted by molar-refractivity contribution is 0.520. The molecule has 0 aliphatic carbocycles. The van der Waals surface area contributed by atoms with Crippen molar-refractivity contribution in [2.75, 3.05) is 5.75 Å². The van der Waals surface area contributed by atoms with Gasteiger partial charge in [0.1, 0.15) is 0 Å². The summed E-state index contributed by atoms with van der Waals surface area (Å²) < 4.78 is 0. The fraction of sp³-hybridized carbons (Fsp3) is 0.625. The van der Waals surface area contributed by atoms with E-state index in [1.807, 2.05) is 0 Å². The average molecular weight is 311 g/mol. The van der Waals surface area contributed by atoms with Gasteiger partial charge in [-0.2, -0.15) is 23.5 Å². The van der Waals surface area contributed by atoms with Gasteiger partial charge in [0.25, 0.3) is 0 Å². The molecule has 0 saturated carbocycles. The molecule has 2 nitrogen and oxygen atoms in total. The first kappa shape index (κ1) is 16.2. The lowest BCUT2D eigenvalue weighted by Gasteiger charge is -2.35. The van der Waals surface area contributed by atoms with E-state index in [0.717, 1.165) is 11.7 Å². The molecule has 0 bridgehead atoms. The van der Waals surface area contributed by atoms with Crippen molar-refractivity contribution in [2.45, 2.75) is 55.9 Å². The number of aryl methyl sites for hydroxylation is 2. The maximum Gasteiger partial charge on any atom is 0.0377 e. The minimum absolute atomic E-state index is 0.350. The number of nitrogens with one attached hydrogen (secondary N) is 1. The zero-order chi connectivity index (χ0) is 14.7. The summed E-state index contributed by atoms with van der Waals surface area (Å²) in [6.07, 6.45) is 1.02. The van der Waals surface area contributed by atoms with Crippen molar-refractivity contribution in [3.05, 3.63) is 34.9 Å². The van der Waals surface area contributed by atoms with Crippen molar-refractivity contribution in [1.82, 2.24) is 5.43 Å². The largest absolute Gasteiger partial charge is 0.271 e. The summed E-state index contributed by atoms with van der Waals surface area (Å²) in [5.41, 5.74) is 7.18. The Bertz CT molecular complexity index is 450. The van der Waals surface area contributed by atoms with E-state index in [0.29, 0.717) is 16.5 Å². The number of nitrogens with two attached hydrogens (primary N) is 1. The van der Waals surface area contributed by atoms with Gasteiger partial charge in [0.15, 0.2) is 0 Å².